The van der Waals surface area contributed by atoms with Crippen molar-refractivity contribution >= 4 is 0 Å². The molecule has 0 fully saturated rings. The lowest BCUT2D eigenvalue weighted by Crippen LogP contribution is -2.08. The van der Waals surface area contributed by atoms with Crippen LogP contribution in [0.4, 0.5) is 0 Å². The second-order valence-electron chi connectivity index (χ2n) is 3.54. The fourth-order valence-corrected chi connectivity index (χ4v) is 1.65. The van der Waals surface area contributed by atoms with E-state index < -0.39 is 0 Å². The first kappa shape index (κ1) is 8.58. The summed E-state index contributed by atoms with van der Waals surface area (Å²) in [6.45, 7) is 6.90. The summed E-state index contributed by atoms with van der Waals surface area (Å²) in [6.07, 6.45) is 9.25. The number of rotatable bonds is 2. The van der Waals surface area contributed by atoms with Crippen LogP contribution in [-0.4, -0.2) is 0 Å². The van der Waals surface area contributed by atoms with Crippen LogP contribution in [-0.2, 0) is 0 Å². The summed E-state index contributed by atoms with van der Waals surface area (Å²) in [4.78, 5) is 0. The fraction of sp³-hybridized carbons (Fsp3) is 0.636. The highest BCUT2D eigenvalue weighted by atomic mass is 14.2. The summed E-state index contributed by atoms with van der Waals surface area (Å²) >= 11 is 0. The molecule has 0 amide bonds. The number of hydrogen-bond donors (Lipinski definition) is 0. The Morgan fingerprint density at radius 2 is 2.36 bits per heavy atom. The summed E-state index contributed by atoms with van der Waals surface area (Å²) in [5.41, 5.74) is 1.63. The van der Waals surface area contributed by atoms with E-state index in [1.54, 1.807) is 5.57 Å². The van der Waals surface area contributed by atoms with Crippen molar-refractivity contribution in [2.45, 2.75) is 33.6 Å². The Hall–Kier alpha value is -0.520. The SMILES string of the molecule is CCC(C)C1=CC=CC[C@H]1C. The molecule has 0 saturated carbocycles. The number of hydrogen-bond acceptors (Lipinski definition) is 0. The van der Waals surface area contributed by atoms with Crippen molar-refractivity contribution in [1.29, 1.82) is 0 Å². The van der Waals surface area contributed by atoms with E-state index in [-0.39, 0.29) is 0 Å². The van der Waals surface area contributed by atoms with Crippen molar-refractivity contribution in [2.75, 3.05) is 0 Å². The van der Waals surface area contributed by atoms with Crippen molar-refractivity contribution in [1.82, 2.24) is 0 Å². The number of allylic oxidation sites excluding steroid dienone is 4. The Morgan fingerprint density at radius 1 is 1.64 bits per heavy atom. The largest absolute Gasteiger partial charge is 0.0840 e. The molecule has 0 aromatic rings. The maximum absolute atomic E-state index is 2.32. The van der Waals surface area contributed by atoms with Gasteiger partial charge >= 0.3 is 0 Å². The molecule has 1 unspecified atom stereocenters. The molecule has 0 bridgehead atoms. The van der Waals surface area contributed by atoms with Gasteiger partial charge in [-0.2, -0.15) is 0 Å². The first-order chi connectivity index (χ1) is 5.25. The second kappa shape index (κ2) is 3.75. The Balaban J connectivity index is 2.67. The smallest absolute Gasteiger partial charge is 0.0191 e. The summed E-state index contributed by atoms with van der Waals surface area (Å²) in [7, 11) is 0. The Bertz CT molecular complexity index is 174. The summed E-state index contributed by atoms with van der Waals surface area (Å²) in [5, 5.41) is 0. The van der Waals surface area contributed by atoms with Gasteiger partial charge in [0.25, 0.3) is 0 Å². The molecule has 0 N–H and O–H groups in total. The zero-order valence-corrected chi connectivity index (χ0v) is 7.80. The van der Waals surface area contributed by atoms with Crippen LogP contribution >= 0.6 is 0 Å². The molecule has 0 nitrogen and oxygen atoms in total. The third-order valence-corrected chi connectivity index (χ3v) is 2.66. The highest BCUT2D eigenvalue weighted by Gasteiger charge is 2.14. The molecule has 0 aromatic carbocycles. The molecule has 0 saturated heterocycles. The molecule has 0 spiro atoms. The normalized spacial score (nSPS) is 26.5. The van der Waals surface area contributed by atoms with Crippen LogP contribution in [0.5, 0.6) is 0 Å². The van der Waals surface area contributed by atoms with Crippen molar-refractivity contribution < 1.29 is 0 Å². The van der Waals surface area contributed by atoms with E-state index in [1.807, 2.05) is 0 Å². The van der Waals surface area contributed by atoms with Gasteiger partial charge in [-0.05, 0) is 24.7 Å². The van der Waals surface area contributed by atoms with Crippen LogP contribution in [0.15, 0.2) is 23.8 Å². The average molecular weight is 150 g/mol. The third kappa shape index (κ3) is 1.95. The minimum Gasteiger partial charge on any atom is -0.0840 e. The van der Waals surface area contributed by atoms with E-state index in [9.17, 15) is 0 Å². The molecule has 1 aliphatic carbocycles. The van der Waals surface area contributed by atoms with Gasteiger partial charge in [-0.25, -0.2) is 0 Å². The van der Waals surface area contributed by atoms with Crippen LogP contribution in [0, 0.1) is 11.8 Å². The molecule has 1 aliphatic rings. The fourth-order valence-electron chi connectivity index (χ4n) is 1.65. The van der Waals surface area contributed by atoms with Crippen LogP contribution in [0.2, 0.25) is 0 Å². The molecule has 0 aromatic heterocycles. The van der Waals surface area contributed by atoms with Crippen molar-refractivity contribution in [3.05, 3.63) is 23.8 Å². The van der Waals surface area contributed by atoms with Crippen LogP contribution in [0.1, 0.15) is 33.6 Å². The average Bonchev–Trinajstić information content (AvgIpc) is 2.04. The summed E-state index contributed by atoms with van der Waals surface area (Å²) in [5.74, 6) is 1.55. The molecule has 1 rings (SSSR count). The summed E-state index contributed by atoms with van der Waals surface area (Å²) in [6, 6.07) is 0. The minimum atomic E-state index is 0.773. The molecular formula is C11H18. The van der Waals surface area contributed by atoms with Gasteiger partial charge in [-0.1, -0.05) is 44.6 Å². The predicted octanol–water partition coefficient (Wildman–Crippen LogP) is 3.55. The molecule has 11 heavy (non-hydrogen) atoms. The van der Waals surface area contributed by atoms with Gasteiger partial charge in [0.15, 0.2) is 0 Å². The monoisotopic (exact) mass is 150 g/mol. The zero-order valence-electron chi connectivity index (χ0n) is 7.80. The zero-order chi connectivity index (χ0) is 8.27. The molecule has 0 radical (unpaired) electrons. The van der Waals surface area contributed by atoms with Crippen LogP contribution < -0.4 is 0 Å². The van der Waals surface area contributed by atoms with E-state index in [0.29, 0.717) is 0 Å². The molecule has 62 valence electrons. The van der Waals surface area contributed by atoms with E-state index >= 15 is 0 Å². The molecule has 2 atom stereocenters. The highest BCUT2D eigenvalue weighted by molar-refractivity contribution is 5.21. The third-order valence-electron chi connectivity index (χ3n) is 2.66. The second-order valence-corrected chi connectivity index (χ2v) is 3.54. The van der Waals surface area contributed by atoms with Gasteiger partial charge in [-0.3, -0.25) is 0 Å². The van der Waals surface area contributed by atoms with Gasteiger partial charge in [0.05, 0.1) is 0 Å². The van der Waals surface area contributed by atoms with E-state index in [0.717, 1.165) is 11.8 Å². The maximum Gasteiger partial charge on any atom is -0.0191 e. The van der Waals surface area contributed by atoms with E-state index in [2.05, 4.69) is 39.0 Å². The maximum atomic E-state index is 2.32. The first-order valence-corrected chi connectivity index (χ1v) is 4.62. The Morgan fingerprint density at radius 3 is 2.91 bits per heavy atom. The Labute approximate surface area is 70.0 Å². The van der Waals surface area contributed by atoms with Crippen LogP contribution in [0.3, 0.4) is 0 Å². The van der Waals surface area contributed by atoms with Gasteiger partial charge in [0, 0.05) is 0 Å². The topological polar surface area (TPSA) is 0 Å². The molecule has 0 heterocycles. The lowest BCUT2D eigenvalue weighted by atomic mass is 9.84. The van der Waals surface area contributed by atoms with Gasteiger partial charge < -0.3 is 0 Å². The molecule has 0 heteroatoms. The van der Waals surface area contributed by atoms with Gasteiger partial charge in [0.2, 0.25) is 0 Å². The minimum absolute atomic E-state index is 0.773. The van der Waals surface area contributed by atoms with Gasteiger partial charge in [-0.15, -0.1) is 0 Å². The Kier molecular flexibility index (Phi) is 2.92. The molecule has 0 aliphatic heterocycles. The lowest BCUT2D eigenvalue weighted by Gasteiger charge is -2.22. The van der Waals surface area contributed by atoms with E-state index in [1.165, 1.54) is 12.8 Å². The standard InChI is InChI=1S/C11H18/c1-4-9(2)11-8-6-5-7-10(11)3/h5-6,8-10H,4,7H2,1-3H3/t9?,10-/m1/s1. The van der Waals surface area contributed by atoms with Crippen molar-refractivity contribution in [3.63, 3.8) is 0 Å². The van der Waals surface area contributed by atoms with Crippen molar-refractivity contribution in [2.24, 2.45) is 11.8 Å². The summed E-state index contributed by atoms with van der Waals surface area (Å²) < 4.78 is 0. The predicted molar refractivity (Wildman–Crippen MR) is 50.5 cm³/mol. The highest BCUT2D eigenvalue weighted by Crippen LogP contribution is 2.27. The van der Waals surface area contributed by atoms with Gasteiger partial charge in [0.1, 0.15) is 0 Å². The quantitative estimate of drug-likeness (QED) is 0.564. The van der Waals surface area contributed by atoms with E-state index in [4.69, 9.17) is 0 Å². The molecular weight excluding hydrogens is 132 g/mol. The lowest BCUT2D eigenvalue weighted by molar-refractivity contribution is 0.540. The van der Waals surface area contributed by atoms with Crippen LogP contribution in [0.25, 0.3) is 0 Å². The van der Waals surface area contributed by atoms with Crippen molar-refractivity contribution in [3.8, 4) is 0 Å². The first-order valence-electron chi connectivity index (χ1n) is 4.62.